The van der Waals surface area contributed by atoms with Gasteiger partial charge in [0.1, 0.15) is 5.82 Å². The molecular weight excluding hydrogens is 257 g/mol. The molecule has 0 unspecified atom stereocenters. The van der Waals surface area contributed by atoms with Gasteiger partial charge in [0.15, 0.2) is 0 Å². The quantitative estimate of drug-likeness (QED) is 0.922. The highest BCUT2D eigenvalue weighted by Gasteiger charge is 2.36. The van der Waals surface area contributed by atoms with Crippen LogP contribution in [0.1, 0.15) is 32.3 Å². The highest BCUT2D eigenvalue weighted by molar-refractivity contribution is 5.87. The molecule has 1 aromatic rings. The average molecular weight is 279 g/mol. The first-order chi connectivity index (χ1) is 9.46. The summed E-state index contributed by atoms with van der Waals surface area (Å²) in [6.45, 7) is 5.00. The average Bonchev–Trinajstić information content (AvgIpc) is 2.47. The monoisotopic (exact) mass is 279 g/mol. The zero-order valence-corrected chi connectivity index (χ0v) is 12.1. The molecule has 0 aliphatic carbocycles. The third kappa shape index (κ3) is 2.85. The number of likely N-dealkylation sites (tertiary alicyclic amines) is 1. The summed E-state index contributed by atoms with van der Waals surface area (Å²) in [5, 5.41) is 9.14. The van der Waals surface area contributed by atoms with Crippen LogP contribution in [0.5, 0.6) is 0 Å². The number of piperidine rings is 1. The van der Waals surface area contributed by atoms with Crippen molar-refractivity contribution in [2.75, 3.05) is 19.7 Å². The van der Waals surface area contributed by atoms with E-state index in [4.69, 9.17) is 5.11 Å². The van der Waals surface area contributed by atoms with Gasteiger partial charge in [-0.05, 0) is 38.7 Å². The predicted octanol–water partition coefficient (Wildman–Crippen LogP) is 2.33. The Hall–Kier alpha value is -1.42. The molecule has 110 valence electrons. The first-order valence-electron chi connectivity index (χ1n) is 7.12. The van der Waals surface area contributed by atoms with Gasteiger partial charge in [0, 0.05) is 25.3 Å². The molecule has 1 N–H and O–H groups in total. The van der Waals surface area contributed by atoms with Gasteiger partial charge in [0.2, 0.25) is 5.91 Å². The Morgan fingerprint density at radius 1 is 1.35 bits per heavy atom. The maximum Gasteiger partial charge on any atom is 0.232 e. The van der Waals surface area contributed by atoms with Gasteiger partial charge in [-0.2, -0.15) is 0 Å². The number of aliphatic hydroxyl groups is 1. The Bertz CT molecular complexity index is 479. The van der Waals surface area contributed by atoms with Crippen molar-refractivity contribution in [2.45, 2.75) is 32.1 Å². The molecule has 4 heteroatoms. The second-order valence-corrected chi connectivity index (χ2v) is 6.02. The lowest BCUT2D eigenvalue weighted by Gasteiger charge is -2.36. The van der Waals surface area contributed by atoms with Crippen molar-refractivity contribution in [2.24, 2.45) is 5.92 Å². The van der Waals surface area contributed by atoms with Crippen molar-refractivity contribution in [3.63, 3.8) is 0 Å². The highest BCUT2D eigenvalue weighted by Crippen LogP contribution is 2.29. The van der Waals surface area contributed by atoms with Crippen LogP contribution in [0.25, 0.3) is 0 Å². The maximum atomic E-state index is 13.9. The van der Waals surface area contributed by atoms with E-state index >= 15 is 0 Å². The maximum absolute atomic E-state index is 13.9. The Labute approximate surface area is 119 Å². The number of hydrogen-bond acceptors (Lipinski definition) is 2. The number of hydrogen-bond donors (Lipinski definition) is 1. The van der Waals surface area contributed by atoms with Gasteiger partial charge in [0.05, 0.1) is 5.41 Å². The molecule has 1 aliphatic heterocycles. The third-order valence-electron chi connectivity index (χ3n) is 4.24. The number of nitrogens with zero attached hydrogens (tertiary/aromatic N) is 1. The fourth-order valence-electron chi connectivity index (χ4n) is 2.80. The van der Waals surface area contributed by atoms with Crippen molar-refractivity contribution in [3.8, 4) is 0 Å². The number of benzene rings is 1. The minimum absolute atomic E-state index is 0.0426. The predicted molar refractivity (Wildman–Crippen MR) is 75.8 cm³/mol. The molecule has 3 nitrogen and oxygen atoms in total. The first-order valence-corrected chi connectivity index (χ1v) is 7.12. The van der Waals surface area contributed by atoms with Gasteiger partial charge in [-0.15, -0.1) is 0 Å². The molecule has 0 aromatic heterocycles. The zero-order valence-electron chi connectivity index (χ0n) is 12.1. The summed E-state index contributed by atoms with van der Waals surface area (Å²) in [6, 6.07) is 6.45. The molecular formula is C16H22FNO2. The van der Waals surface area contributed by atoms with Gasteiger partial charge in [-0.25, -0.2) is 4.39 Å². The van der Waals surface area contributed by atoms with Gasteiger partial charge in [-0.1, -0.05) is 18.2 Å². The van der Waals surface area contributed by atoms with Gasteiger partial charge in [-0.3, -0.25) is 4.79 Å². The molecule has 1 heterocycles. The van der Waals surface area contributed by atoms with Crippen LogP contribution in [0.3, 0.4) is 0 Å². The summed E-state index contributed by atoms with van der Waals surface area (Å²) in [5.74, 6) is -0.0919. The SMILES string of the molecule is CC(C)(C(=O)N1CCC(CO)CC1)c1ccccc1F. The van der Waals surface area contributed by atoms with Gasteiger partial charge >= 0.3 is 0 Å². The lowest BCUT2D eigenvalue weighted by Crippen LogP contribution is -2.47. The van der Waals surface area contributed by atoms with Gasteiger partial charge < -0.3 is 10.0 Å². The van der Waals surface area contributed by atoms with E-state index in [2.05, 4.69) is 0 Å². The van der Waals surface area contributed by atoms with Crippen molar-refractivity contribution < 1.29 is 14.3 Å². The van der Waals surface area contributed by atoms with E-state index in [1.807, 2.05) is 0 Å². The molecule has 1 aromatic carbocycles. The molecule has 1 fully saturated rings. The lowest BCUT2D eigenvalue weighted by molar-refractivity contribution is -0.138. The molecule has 0 spiro atoms. The number of aliphatic hydroxyl groups excluding tert-OH is 1. The summed E-state index contributed by atoms with van der Waals surface area (Å²) < 4.78 is 13.9. The van der Waals surface area contributed by atoms with E-state index in [0.717, 1.165) is 12.8 Å². The van der Waals surface area contributed by atoms with Crippen LogP contribution in [0.15, 0.2) is 24.3 Å². The topological polar surface area (TPSA) is 40.5 Å². The van der Waals surface area contributed by atoms with Crippen molar-refractivity contribution in [1.82, 2.24) is 4.90 Å². The van der Waals surface area contributed by atoms with Crippen molar-refractivity contribution in [1.29, 1.82) is 0 Å². The highest BCUT2D eigenvalue weighted by atomic mass is 19.1. The zero-order chi connectivity index (χ0) is 14.8. The lowest BCUT2D eigenvalue weighted by atomic mass is 9.82. The van der Waals surface area contributed by atoms with E-state index in [0.29, 0.717) is 18.7 Å². The van der Waals surface area contributed by atoms with E-state index in [-0.39, 0.29) is 24.2 Å². The van der Waals surface area contributed by atoms with E-state index in [1.165, 1.54) is 6.07 Å². The summed E-state index contributed by atoms with van der Waals surface area (Å²) in [4.78, 5) is 14.5. The van der Waals surface area contributed by atoms with Crippen LogP contribution in [0, 0.1) is 11.7 Å². The summed E-state index contributed by atoms with van der Waals surface area (Å²) in [7, 11) is 0. The number of halogens is 1. The van der Waals surface area contributed by atoms with Gasteiger partial charge in [0.25, 0.3) is 0 Å². The fourth-order valence-corrected chi connectivity index (χ4v) is 2.80. The Kier molecular flexibility index (Phi) is 4.43. The molecule has 0 atom stereocenters. The fraction of sp³-hybridized carbons (Fsp3) is 0.562. The molecule has 0 bridgehead atoms. The second-order valence-electron chi connectivity index (χ2n) is 6.02. The summed E-state index contributed by atoms with van der Waals surface area (Å²) >= 11 is 0. The molecule has 1 aliphatic rings. The molecule has 20 heavy (non-hydrogen) atoms. The Morgan fingerprint density at radius 2 is 1.95 bits per heavy atom. The minimum Gasteiger partial charge on any atom is -0.396 e. The Balaban J connectivity index is 2.14. The molecule has 1 saturated heterocycles. The van der Waals surface area contributed by atoms with Crippen LogP contribution < -0.4 is 0 Å². The van der Waals surface area contributed by atoms with E-state index in [9.17, 15) is 9.18 Å². The van der Waals surface area contributed by atoms with Crippen LogP contribution in [-0.2, 0) is 10.2 Å². The normalized spacial score (nSPS) is 17.3. The summed E-state index contributed by atoms with van der Waals surface area (Å²) in [5.41, 5.74) is -0.425. The van der Waals surface area contributed by atoms with Crippen LogP contribution >= 0.6 is 0 Å². The smallest absolute Gasteiger partial charge is 0.232 e. The van der Waals surface area contributed by atoms with E-state index < -0.39 is 5.41 Å². The van der Waals surface area contributed by atoms with Crippen LogP contribution in [0.2, 0.25) is 0 Å². The minimum atomic E-state index is -0.864. The van der Waals surface area contributed by atoms with Crippen LogP contribution in [0.4, 0.5) is 4.39 Å². The molecule has 0 saturated carbocycles. The van der Waals surface area contributed by atoms with Crippen molar-refractivity contribution >= 4 is 5.91 Å². The third-order valence-corrected chi connectivity index (χ3v) is 4.24. The summed E-state index contributed by atoms with van der Waals surface area (Å²) in [6.07, 6.45) is 1.63. The number of rotatable bonds is 3. The molecule has 2 rings (SSSR count). The second kappa shape index (κ2) is 5.92. The van der Waals surface area contributed by atoms with E-state index in [1.54, 1.807) is 36.9 Å². The number of amides is 1. The largest absolute Gasteiger partial charge is 0.396 e. The molecule has 1 amide bonds. The molecule has 0 radical (unpaired) electrons. The van der Waals surface area contributed by atoms with Crippen LogP contribution in [-0.4, -0.2) is 35.6 Å². The first kappa shape index (κ1) is 15.0. The Morgan fingerprint density at radius 3 is 2.50 bits per heavy atom. The number of carbonyl (C=O) groups excluding carboxylic acids is 1. The standard InChI is InChI=1S/C16H22FNO2/c1-16(2,13-5-3-4-6-14(13)17)15(20)18-9-7-12(11-19)8-10-18/h3-6,12,19H,7-11H2,1-2H3. The number of carbonyl (C=O) groups is 1. The van der Waals surface area contributed by atoms with Crippen molar-refractivity contribution in [3.05, 3.63) is 35.6 Å².